The fourth-order valence-electron chi connectivity index (χ4n) is 2.37. The lowest BCUT2D eigenvalue weighted by Gasteiger charge is -1.98. The highest BCUT2D eigenvalue weighted by Gasteiger charge is 2.23. The molecule has 0 aliphatic rings. The minimum atomic E-state index is -0.450. The summed E-state index contributed by atoms with van der Waals surface area (Å²) in [6.07, 6.45) is 1.58. The molecule has 27 heavy (non-hydrogen) atoms. The molecule has 7 nitrogen and oxygen atoms in total. The van der Waals surface area contributed by atoms with Gasteiger partial charge in [0.2, 0.25) is 0 Å². The Labute approximate surface area is 166 Å². The predicted octanol–water partition coefficient (Wildman–Crippen LogP) is 4.36. The number of hydrogen-bond acceptors (Lipinski definition) is 9. The van der Waals surface area contributed by atoms with Crippen molar-refractivity contribution in [1.82, 2.24) is 20.6 Å². The molecule has 1 N–H and O–H groups in total. The number of hydrogen-bond donors (Lipinski definition) is 1. The van der Waals surface area contributed by atoms with Crippen LogP contribution in [-0.4, -0.2) is 27.2 Å². The van der Waals surface area contributed by atoms with Gasteiger partial charge in [0.25, 0.3) is 5.91 Å². The van der Waals surface area contributed by atoms with Crippen molar-refractivity contribution in [2.45, 2.75) is 13.8 Å². The van der Waals surface area contributed by atoms with E-state index in [0.717, 1.165) is 20.6 Å². The summed E-state index contributed by atoms with van der Waals surface area (Å²) in [4.78, 5) is 22.5. The van der Waals surface area contributed by atoms with Gasteiger partial charge < -0.3 is 4.52 Å². The van der Waals surface area contributed by atoms with E-state index in [1.807, 2.05) is 35.2 Å². The summed E-state index contributed by atoms with van der Waals surface area (Å²) in [5, 5.41) is 15.4. The number of carbonyl (C=O) groups is 1. The molecular formula is C17H13N5O2S3. The van der Waals surface area contributed by atoms with Gasteiger partial charge in [-0.05, 0) is 25.3 Å². The lowest BCUT2D eigenvalue weighted by atomic mass is 10.1. The van der Waals surface area contributed by atoms with Crippen molar-refractivity contribution < 1.29 is 9.32 Å². The predicted molar refractivity (Wildman–Crippen MR) is 108 cm³/mol. The van der Waals surface area contributed by atoms with Gasteiger partial charge in [-0.1, -0.05) is 11.2 Å². The first-order valence-corrected chi connectivity index (χ1v) is 10.5. The second-order valence-electron chi connectivity index (χ2n) is 5.47. The maximum atomic E-state index is 12.5. The summed E-state index contributed by atoms with van der Waals surface area (Å²) in [6, 6.07) is 3.82. The third-order valence-electron chi connectivity index (χ3n) is 3.58. The number of aryl methyl sites for hydroxylation is 2. The Morgan fingerprint density at radius 2 is 2.04 bits per heavy atom. The summed E-state index contributed by atoms with van der Waals surface area (Å²) in [6.45, 7) is 3.70. The highest BCUT2D eigenvalue weighted by atomic mass is 32.1. The van der Waals surface area contributed by atoms with Gasteiger partial charge in [0.1, 0.15) is 16.5 Å². The van der Waals surface area contributed by atoms with Crippen LogP contribution < -0.4 is 5.43 Å². The monoisotopic (exact) mass is 415 g/mol. The zero-order valence-corrected chi connectivity index (χ0v) is 16.7. The lowest BCUT2D eigenvalue weighted by molar-refractivity contribution is 0.0946. The third-order valence-corrected chi connectivity index (χ3v) is 6.02. The Bertz CT molecular complexity index is 1110. The first kappa shape index (κ1) is 17.7. The van der Waals surface area contributed by atoms with Crippen molar-refractivity contribution in [3.8, 4) is 22.0 Å². The van der Waals surface area contributed by atoms with Crippen molar-refractivity contribution in [2.24, 2.45) is 5.10 Å². The Hall–Kier alpha value is -2.69. The molecule has 0 bridgehead atoms. The zero-order chi connectivity index (χ0) is 18.8. The van der Waals surface area contributed by atoms with Gasteiger partial charge in [0, 0.05) is 15.6 Å². The minimum Gasteiger partial charge on any atom is -0.360 e. The Balaban J connectivity index is 1.58. The van der Waals surface area contributed by atoms with E-state index in [4.69, 9.17) is 4.52 Å². The van der Waals surface area contributed by atoms with Crippen LogP contribution in [0.3, 0.4) is 0 Å². The van der Waals surface area contributed by atoms with E-state index in [9.17, 15) is 4.79 Å². The number of aromatic nitrogens is 3. The van der Waals surface area contributed by atoms with E-state index >= 15 is 0 Å². The molecule has 0 saturated heterocycles. The second-order valence-corrected chi connectivity index (χ2v) is 8.37. The molecule has 10 heteroatoms. The molecule has 0 saturated carbocycles. The normalized spacial score (nSPS) is 11.3. The molecule has 4 rings (SSSR count). The third kappa shape index (κ3) is 3.72. The summed E-state index contributed by atoms with van der Waals surface area (Å²) < 4.78 is 5.23. The molecule has 0 spiro atoms. The maximum Gasteiger partial charge on any atom is 0.294 e. The molecule has 0 unspecified atom stereocenters. The molecule has 0 aliphatic carbocycles. The van der Waals surface area contributed by atoms with E-state index < -0.39 is 5.91 Å². The Morgan fingerprint density at radius 3 is 2.78 bits per heavy atom. The highest BCUT2D eigenvalue weighted by Crippen LogP contribution is 2.32. The van der Waals surface area contributed by atoms with Crippen LogP contribution in [0.5, 0.6) is 0 Å². The average Bonchev–Trinajstić information content (AvgIpc) is 3.41. The van der Waals surface area contributed by atoms with Crippen LogP contribution in [-0.2, 0) is 0 Å². The number of carbonyl (C=O) groups excluding carboxylic acids is 1. The van der Waals surface area contributed by atoms with E-state index in [2.05, 4.69) is 25.7 Å². The van der Waals surface area contributed by atoms with Gasteiger partial charge in [-0.25, -0.2) is 15.4 Å². The standard InChI is InChI=1S/C17H13N5O2S3/c1-9-14(12-7-27-17(20-12)13-8-26-10(2)19-13)15(22-24-9)16(23)21-18-6-11-4-3-5-25-11/h3-8H,1-2H3,(H,21,23)/b18-6-. The van der Waals surface area contributed by atoms with Gasteiger partial charge in [0.15, 0.2) is 5.69 Å². The first-order chi connectivity index (χ1) is 13.1. The van der Waals surface area contributed by atoms with Crippen molar-refractivity contribution in [2.75, 3.05) is 0 Å². The van der Waals surface area contributed by atoms with Crippen LogP contribution in [0.2, 0.25) is 0 Å². The minimum absolute atomic E-state index is 0.155. The maximum absolute atomic E-state index is 12.5. The van der Waals surface area contributed by atoms with Crippen LogP contribution in [0.1, 0.15) is 26.1 Å². The van der Waals surface area contributed by atoms with Crippen LogP contribution in [0.4, 0.5) is 0 Å². The van der Waals surface area contributed by atoms with Crippen LogP contribution in [0.15, 0.2) is 37.9 Å². The lowest BCUT2D eigenvalue weighted by Crippen LogP contribution is -2.18. The van der Waals surface area contributed by atoms with Crippen LogP contribution in [0, 0.1) is 13.8 Å². The smallest absolute Gasteiger partial charge is 0.294 e. The molecular weight excluding hydrogens is 402 g/mol. The van der Waals surface area contributed by atoms with E-state index in [-0.39, 0.29) is 5.69 Å². The van der Waals surface area contributed by atoms with Crippen molar-refractivity contribution in [3.63, 3.8) is 0 Å². The number of nitrogens with one attached hydrogen (secondary N) is 1. The van der Waals surface area contributed by atoms with Crippen LogP contribution >= 0.6 is 34.0 Å². The van der Waals surface area contributed by atoms with Crippen molar-refractivity contribution in [1.29, 1.82) is 0 Å². The molecule has 0 fully saturated rings. The molecule has 0 aliphatic heterocycles. The number of thiophene rings is 1. The van der Waals surface area contributed by atoms with Gasteiger partial charge in [0.05, 0.1) is 22.5 Å². The molecule has 0 radical (unpaired) electrons. The number of hydrazone groups is 1. The fourth-order valence-corrected chi connectivity index (χ4v) is 4.40. The van der Waals surface area contributed by atoms with Crippen molar-refractivity contribution in [3.05, 3.63) is 49.6 Å². The van der Waals surface area contributed by atoms with Gasteiger partial charge >= 0.3 is 0 Å². The van der Waals surface area contributed by atoms with Gasteiger partial charge in [-0.15, -0.1) is 34.0 Å². The van der Waals surface area contributed by atoms with Gasteiger partial charge in [-0.3, -0.25) is 4.79 Å². The highest BCUT2D eigenvalue weighted by molar-refractivity contribution is 7.14. The van der Waals surface area contributed by atoms with E-state index in [1.54, 1.807) is 24.5 Å². The number of nitrogens with zero attached hydrogens (tertiary/aromatic N) is 4. The summed E-state index contributed by atoms with van der Waals surface area (Å²) in [5.41, 5.74) is 4.66. The molecule has 1 amide bonds. The first-order valence-electron chi connectivity index (χ1n) is 7.83. The quantitative estimate of drug-likeness (QED) is 0.386. The zero-order valence-electron chi connectivity index (χ0n) is 14.3. The Kier molecular flexibility index (Phi) is 4.92. The molecule has 4 aromatic heterocycles. The summed E-state index contributed by atoms with van der Waals surface area (Å²) in [7, 11) is 0. The molecule has 4 heterocycles. The average molecular weight is 416 g/mol. The van der Waals surface area contributed by atoms with Crippen LogP contribution in [0.25, 0.3) is 22.0 Å². The van der Waals surface area contributed by atoms with Crippen molar-refractivity contribution >= 4 is 46.1 Å². The topological polar surface area (TPSA) is 93.3 Å². The summed E-state index contributed by atoms with van der Waals surface area (Å²) in [5.74, 6) is 0.0717. The van der Waals surface area contributed by atoms with E-state index in [1.165, 1.54) is 22.7 Å². The molecule has 136 valence electrons. The largest absolute Gasteiger partial charge is 0.360 e. The summed E-state index contributed by atoms with van der Waals surface area (Å²) >= 11 is 4.56. The number of amides is 1. The second kappa shape index (κ2) is 7.51. The molecule has 4 aromatic rings. The van der Waals surface area contributed by atoms with Gasteiger partial charge in [-0.2, -0.15) is 5.10 Å². The fraction of sp³-hybridized carbons (Fsp3) is 0.118. The van der Waals surface area contributed by atoms with E-state index in [0.29, 0.717) is 17.0 Å². The number of rotatable bonds is 5. The number of thiazole rings is 2. The molecule has 0 aromatic carbocycles. The SMILES string of the molecule is Cc1nc(-c2nc(-c3c(C(=O)N/N=C\c4cccs4)noc3C)cs2)cs1. The Morgan fingerprint density at radius 1 is 1.19 bits per heavy atom. The molecule has 0 atom stereocenters.